The van der Waals surface area contributed by atoms with Crippen molar-refractivity contribution in [2.75, 3.05) is 26.2 Å². The first-order valence-electron chi connectivity index (χ1n) is 10.4. The topological polar surface area (TPSA) is 95.0 Å². The third-order valence-corrected chi connectivity index (χ3v) is 4.53. The third-order valence-electron chi connectivity index (χ3n) is 4.20. The summed E-state index contributed by atoms with van der Waals surface area (Å²) >= 11 is 6.04. The summed E-state index contributed by atoms with van der Waals surface area (Å²) in [7, 11) is 0. The molecule has 9 heteroatoms. The van der Waals surface area contributed by atoms with Crippen LogP contribution in [0.3, 0.4) is 0 Å². The minimum absolute atomic E-state index is 0. The monoisotopic (exact) mass is 574 g/mol. The number of hydrogen-bond acceptors (Lipinski definition) is 4. The van der Waals surface area contributed by atoms with Crippen molar-refractivity contribution in [3.05, 3.63) is 64.7 Å². The second kappa shape index (κ2) is 14.9. The molecule has 0 spiro atoms. The average molecular weight is 575 g/mol. The maximum absolute atomic E-state index is 12.2. The van der Waals surface area contributed by atoms with E-state index in [1.54, 1.807) is 24.3 Å². The highest BCUT2D eigenvalue weighted by Gasteiger charge is 2.10. The predicted octanol–water partition coefficient (Wildman–Crippen LogP) is 3.76. The highest BCUT2D eigenvalue weighted by Crippen LogP contribution is 2.20. The number of amides is 1. The van der Waals surface area contributed by atoms with E-state index in [0.29, 0.717) is 36.2 Å². The average Bonchev–Trinajstić information content (AvgIpc) is 2.74. The van der Waals surface area contributed by atoms with Gasteiger partial charge in [0.25, 0.3) is 5.91 Å². The summed E-state index contributed by atoms with van der Waals surface area (Å²) in [6.45, 7) is 7.59. The molecular weight excluding hydrogens is 543 g/mol. The van der Waals surface area contributed by atoms with Gasteiger partial charge in [-0.15, -0.1) is 24.0 Å². The Morgan fingerprint density at radius 2 is 1.81 bits per heavy atom. The quantitative estimate of drug-likeness (QED) is 0.150. The summed E-state index contributed by atoms with van der Waals surface area (Å²) in [5.41, 5.74) is 1.18. The number of aliphatic hydroxyl groups is 1. The van der Waals surface area contributed by atoms with Gasteiger partial charge in [-0.3, -0.25) is 9.79 Å². The van der Waals surface area contributed by atoms with E-state index in [4.69, 9.17) is 16.3 Å². The first kappa shape index (κ1) is 28.0. The van der Waals surface area contributed by atoms with Crippen LogP contribution in [-0.2, 0) is 0 Å². The SMILES string of the molecule is CCNC(=NCC(O)c1cccc(OC(C)C)c1)NCCNC(=O)c1ccccc1Cl.I. The Bertz CT molecular complexity index is 880. The van der Waals surface area contributed by atoms with Gasteiger partial charge in [-0.05, 0) is 50.6 Å². The van der Waals surface area contributed by atoms with E-state index in [1.165, 1.54) is 0 Å². The summed E-state index contributed by atoms with van der Waals surface area (Å²) in [5.74, 6) is 1.05. The summed E-state index contributed by atoms with van der Waals surface area (Å²) in [6, 6.07) is 14.3. The van der Waals surface area contributed by atoms with E-state index in [0.717, 1.165) is 11.3 Å². The Morgan fingerprint density at radius 3 is 2.50 bits per heavy atom. The van der Waals surface area contributed by atoms with Crippen LogP contribution in [-0.4, -0.2) is 49.3 Å². The number of carbonyl (C=O) groups is 1. The Morgan fingerprint density at radius 1 is 1.09 bits per heavy atom. The number of nitrogens with zero attached hydrogens (tertiary/aromatic N) is 1. The molecule has 0 radical (unpaired) electrons. The molecule has 0 fully saturated rings. The third kappa shape index (κ3) is 9.62. The molecule has 0 saturated carbocycles. The zero-order chi connectivity index (χ0) is 22.6. The molecule has 2 rings (SSSR count). The first-order chi connectivity index (χ1) is 14.9. The molecule has 1 atom stereocenters. The molecule has 0 aliphatic carbocycles. The fourth-order valence-corrected chi connectivity index (χ4v) is 3.01. The normalized spacial score (nSPS) is 12.0. The number of guanidine groups is 1. The Hall–Kier alpha value is -2.04. The van der Waals surface area contributed by atoms with Gasteiger partial charge in [0.15, 0.2) is 5.96 Å². The van der Waals surface area contributed by atoms with Gasteiger partial charge in [0.05, 0.1) is 29.3 Å². The van der Waals surface area contributed by atoms with Crippen molar-refractivity contribution in [2.45, 2.75) is 33.0 Å². The maximum Gasteiger partial charge on any atom is 0.252 e. The highest BCUT2D eigenvalue weighted by molar-refractivity contribution is 14.0. The zero-order valence-corrected chi connectivity index (χ0v) is 21.7. The number of hydrogen-bond donors (Lipinski definition) is 4. The Labute approximate surface area is 212 Å². The minimum Gasteiger partial charge on any atom is -0.491 e. The lowest BCUT2D eigenvalue weighted by molar-refractivity contribution is 0.0954. The molecule has 7 nitrogen and oxygen atoms in total. The molecule has 0 bridgehead atoms. The maximum atomic E-state index is 12.2. The first-order valence-corrected chi connectivity index (χ1v) is 10.8. The van der Waals surface area contributed by atoms with Crippen molar-refractivity contribution >= 4 is 47.4 Å². The molecule has 0 aliphatic rings. The molecule has 0 heterocycles. The largest absolute Gasteiger partial charge is 0.491 e. The lowest BCUT2D eigenvalue weighted by Crippen LogP contribution is -2.41. The van der Waals surface area contributed by atoms with E-state index in [2.05, 4.69) is 20.9 Å². The molecule has 4 N–H and O–H groups in total. The van der Waals surface area contributed by atoms with E-state index in [-0.39, 0.29) is 42.5 Å². The number of rotatable bonds is 10. The summed E-state index contributed by atoms with van der Waals surface area (Å²) in [4.78, 5) is 16.6. The number of halogens is 2. The second-order valence-electron chi connectivity index (χ2n) is 7.14. The fraction of sp³-hybridized carbons (Fsp3) is 0.391. The van der Waals surface area contributed by atoms with E-state index < -0.39 is 6.10 Å². The van der Waals surface area contributed by atoms with Gasteiger partial charge in [-0.25, -0.2) is 0 Å². The van der Waals surface area contributed by atoms with Crippen LogP contribution < -0.4 is 20.7 Å². The van der Waals surface area contributed by atoms with Crippen LogP contribution in [0.4, 0.5) is 0 Å². The molecule has 0 saturated heterocycles. The van der Waals surface area contributed by atoms with Crippen LogP contribution in [0.2, 0.25) is 5.02 Å². The molecule has 2 aromatic rings. The van der Waals surface area contributed by atoms with Crippen molar-refractivity contribution in [3.63, 3.8) is 0 Å². The van der Waals surface area contributed by atoms with Crippen molar-refractivity contribution in [1.82, 2.24) is 16.0 Å². The number of aliphatic hydroxyl groups excluding tert-OH is 1. The van der Waals surface area contributed by atoms with E-state index in [1.807, 2.05) is 45.0 Å². The zero-order valence-electron chi connectivity index (χ0n) is 18.6. The van der Waals surface area contributed by atoms with Crippen LogP contribution in [0, 0.1) is 0 Å². The predicted molar refractivity (Wildman–Crippen MR) is 140 cm³/mol. The lowest BCUT2D eigenvalue weighted by atomic mass is 10.1. The van der Waals surface area contributed by atoms with Gasteiger partial charge in [-0.2, -0.15) is 0 Å². The van der Waals surface area contributed by atoms with E-state index in [9.17, 15) is 9.90 Å². The van der Waals surface area contributed by atoms with Crippen molar-refractivity contribution in [1.29, 1.82) is 0 Å². The van der Waals surface area contributed by atoms with Crippen LogP contribution in [0.1, 0.15) is 42.8 Å². The molecule has 32 heavy (non-hydrogen) atoms. The van der Waals surface area contributed by atoms with Crippen LogP contribution in [0.25, 0.3) is 0 Å². The lowest BCUT2D eigenvalue weighted by Gasteiger charge is -2.15. The van der Waals surface area contributed by atoms with Crippen LogP contribution >= 0.6 is 35.6 Å². The number of benzene rings is 2. The Balaban J connectivity index is 0.00000512. The van der Waals surface area contributed by atoms with Gasteiger partial charge in [0.2, 0.25) is 0 Å². The number of carbonyl (C=O) groups excluding carboxylic acids is 1. The Kier molecular flexibility index (Phi) is 13.0. The standard InChI is InChI=1S/C23H31ClN4O3.HI/c1-4-25-23(27-13-12-26-22(30)19-10-5-6-11-20(19)24)28-15-21(29)17-8-7-9-18(14-17)31-16(2)3;/h5-11,14,16,21,29H,4,12-13,15H2,1-3H3,(H,26,30)(H2,25,27,28);1H. The number of nitrogens with one attached hydrogen (secondary N) is 3. The highest BCUT2D eigenvalue weighted by atomic mass is 127. The number of aliphatic imine (C=N–C) groups is 1. The van der Waals surface area contributed by atoms with Crippen LogP contribution in [0.5, 0.6) is 5.75 Å². The minimum atomic E-state index is -0.758. The van der Waals surface area contributed by atoms with Crippen molar-refractivity contribution in [2.24, 2.45) is 4.99 Å². The van der Waals surface area contributed by atoms with Gasteiger partial charge in [0.1, 0.15) is 5.75 Å². The fourth-order valence-electron chi connectivity index (χ4n) is 2.79. The van der Waals surface area contributed by atoms with Crippen molar-refractivity contribution < 1.29 is 14.6 Å². The van der Waals surface area contributed by atoms with Gasteiger partial charge >= 0.3 is 0 Å². The molecular formula is C23H32ClIN4O3. The molecule has 1 unspecified atom stereocenters. The summed E-state index contributed by atoms with van der Waals surface area (Å²) < 4.78 is 5.68. The molecule has 0 aliphatic heterocycles. The summed E-state index contributed by atoms with van der Waals surface area (Å²) in [6.07, 6.45) is -0.695. The molecule has 2 aromatic carbocycles. The number of ether oxygens (including phenoxy) is 1. The molecule has 1 amide bonds. The van der Waals surface area contributed by atoms with Gasteiger partial charge < -0.3 is 25.8 Å². The second-order valence-corrected chi connectivity index (χ2v) is 7.54. The summed E-state index contributed by atoms with van der Waals surface area (Å²) in [5, 5.41) is 20.0. The smallest absolute Gasteiger partial charge is 0.252 e. The van der Waals surface area contributed by atoms with E-state index >= 15 is 0 Å². The van der Waals surface area contributed by atoms with Crippen molar-refractivity contribution in [3.8, 4) is 5.75 Å². The molecule has 0 aromatic heterocycles. The van der Waals surface area contributed by atoms with Gasteiger partial charge in [-0.1, -0.05) is 35.9 Å². The van der Waals surface area contributed by atoms with Crippen LogP contribution in [0.15, 0.2) is 53.5 Å². The van der Waals surface area contributed by atoms with Gasteiger partial charge in [0, 0.05) is 19.6 Å². The molecule has 176 valence electrons.